The van der Waals surface area contributed by atoms with E-state index in [1.54, 1.807) is 13.8 Å². The van der Waals surface area contributed by atoms with E-state index in [1.165, 1.54) is 38.1 Å². The zero-order valence-corrected chi connectivity index (χ0v) is 11.8. The lowest BCUT2D eigenvalue weighted by Gasteiger charge is -2.30. The van der Waals surface area contributed by atoms with E-state index in [1.807, 2.05) is 0 Å². The molecule has 5 nitrogen and oxygen atoms in total. The highest BCUT2D eigenvalue weighted by atomic mass is 19.1. The molecule has 20 heavy (non-hydrogen) atoms. The average molecular weight is 280 g/mol. The first kappa shape index (κ1) is 14.6. The summed E-state index contributed by atoms with van der Waals surface area (Å²) >= 11 is 0. The van der Waals surface area contributed by atoms with Crippen LogP contribution in [0.1, 0.15) is 33.3 Å². The quantitative estimate of drug-likeness (QED) is 0.664. The lowest BCUT2D eigenvalue weighted by Crippen LogP contribution is -2.57. The second kappa shape index (κ2) is 4.36. The van der Waals surface area contributed by atoms with Gasteiger partial charge in [-0.2, -0.15) is 4.74 Å². The number of benzene rings is 1. The van der Waals surface area contributed by atoms with Crippen molar-refractivity contribution in [3.05, 3.63) is 40.9 Å². The highest BCUT2D eigenvalue weighted by molar-refractivity contribution is 6.06. The molecule has 0 saturated heterocycles. The van der Waals surface area contributed by atoms with Crippen LogP contribution in [0.15, 0.2) is 24.3 Å². The molecule has 0 bridgehead atoms. The van der Waals surface area contributed by atoms with Gasteiger partial charge in [-0.1, -0.05) is 0 Å². The fourth-order valence-electron chi connectivity index (χ4n) is 2.57. The van der Waals surface area contributed by atoms with Crippen molar-refractivity contribution in [3.8, 4) is 0 Å². The van der Waals surface area contributed by atoms with E-state index in [4.69, 9.17) is 0 Å². The monoisotopic (exact) mass is 280 g/mol. The van der Waals surface area contributed by atoms with E-state index < -0.39 is 22.8 Å². The van der Waals surface area contributed by atoms with Gasteiger partial charge in [0.2, 0.25) is 11.5 Å². The van der Waals surface area contributed by atoms with Crippen LogP contribution in [0.5, 0.6) is 0 Å². The maximum absolute atomic E-state index is 13.0. The van der Waals surface area contributed by atoms with E-state index >= 15 is 0 Å². The van der Waals surface area contributed by atoms with Crippen LogP contribution in [0, 0.1) is 11.0 Å². The summed E-state index contributed by atoms with van der Waals surface area (Å²) in [5.74, 6) is -0.891. The van der Waals surface area contributed by atoms with Crippen molar-refractivity contribution >= 4 is 11.5 Å². The fraction of sp³-hybridized carbons (Fsp3) is 0.429. The molecule has 1 atom stereocenters. The minimum absolute atomic E-state index is 0.220. The van der Waals surface area contributed by atoms with Gasteiger partial charge in [0.15, 0.2) is 0 Å². The van der Waals surface area contributed by atoms with Crippen LogP contribution in [-0.2, 0) is 4.79 Å². The highest BCUT2D eigenvalue weighted by Crippen LogP contribution is 2.35. The number of ketones is 1. The Morgan fingerprint density at radius 3 is 2.20 bits per heavy atom. The summed E-state index contributed by atoms with van der Waals surface area (Å²) in [6.45, 7) is 5.87. The molecule has 0 aromatic heterocycles. The number of hydrogen-bond donors (Lipinski definition) is 1. The minimum atomic E-state index is -1.69. The van der Waals surface area contributed by atoms with Crippen molar-refractivity contribution in [2.24, 2.45) is 0 Å². The molecule has 1 aliphatic heterocycles. The first-order valence-electron chi connectivity index (χ1n) is 6.24. The Hall–Kier alpha value is -1.79. The average Bonchev–Trinajstić information content (AvgIpc) is 2.51. The van der Waals surface area contributed by atoms with E-state index in [2.05, 4.69) is 0 Å². The van der Waals surface area contributed by atoms with Gasteiger partial charge >= 0.3 is 5.66 Å². The molecular weight excluding hydrogens is 263 g/mol. The maximum atomic E-state index is 13.0. The Morgan fingerprint density at radius 1 is 1.30 bits per heavy atom. The molecule has 0 amide bonds. The molecule has 108 valence electrons. The maximum Gasteiger partial charge on any atom is 0.307 e. The third-order valence-corrected chi connectivity index (χ3v) is 3.90. The topological polar surface area (TPSA) is 66.6 Å². The van der Waals surface area contributed by atoms with Crippen LogP contribution in [0.4, 0.5) is 4.39 Å². The summed E-state index contributed by atoms with van der Waals surface area (Å²) in [5, 5.41) is 23.6. The molecule has 0 aliphatic carbocycles. The third-order valence-electron chi connectivity index (χ3n) is 3.90. The van der Waals surface area contributed by atoms with Gasteiger partial charge in [-0.25, -0.2) is 4.39 Å². The predicted octanol–water partition coefficient (Wildman–Crippen LogP) is 1.91. The predicted molar refractivity (Wildman–Crippen MR) is 70.9 cm³/mol. The van der Waals surface area contributed by atoms with Crippen LogP contribution in [0.3, 0.4) is 0 Å². The van der Waals surface area contributed by atoms with Gasteiger partial charge < -0.3 is 10.4 Å². The van der Waals surface area contributed by atoms with Crippen molar-refractivity contribution in [2.75, 3.05) is 0 Å². The van der Waals surface area contributed by atoms with E-state index in [0.29, 0.717) is 10.3 Å². The van der Waals surface area contributed by atoms with Crippen molar-refractivity contribution < 1.29 is 19.1 Å². The summed E-state index contributed by atoms with van der Waals surface area (Å²) in [7, 11) is 0. The normalized spacial score (nSPS) is 26.1. The number of nitrogens with zero attached hydrogens (tertiary/aromatic N) is 2. The molecule has 1 unspecified atom stereocenters. The first-order valence-corrected chi connectivity index (χ1v) is 6.24. The van der Waals surface area contributed by atoms with Crippen LogP contribution in [0.25, 0.3) is 0 Å². The largest absolute Gasteiger partial charge is 0.622 e. The SMILES string of the molecule is CC(=O)C1(C)N(O)C(C)(C)C(c2ccc(F)cc2)=[N+]1[O-]. The highest BCUT2D eigenvalue weighted by Gasteiger charge is 2.62. The summed E-state index contributed by atoms with van der Waals surface area (Å²) in [4.78, 5) is 11.8. The Bertz CT molecular complexity index is 595. The fourth-order valence-corrected chi connectivity index (χ4v) is 2.57. The molecule has 1 aromatic rings. The van der Waals surface area contributed by atoms with Crippen molar-refractivity contribution in [3.63, 3.8) is 0 Å². The van der Waals surface area contributed by atoms with Gasteiger partial charge in [-0.15, -0.1) is 5.06 Å². The van der Waals surface area contributed by atoms with Crippen LogP contribution in [-0.4, -0.2) is 37.7 Å². The third kappa shape index (κ3) is 1.76. The number of hydroxylamine groups is 3. The van der Waals surface area contributed by atoms with Gasteiger partial charge in [0.25, 0.3) is 0 Å². The second-order valence-electron chi connectivity index (χ2n) is 5.60. The standard InChI is InChI=1S/C14H17FN2O3/c1-9(18)14(4)16(19)12(13(2,3)17(14)20)10-5-7-11(15)8-6-10/h5-8,20H,1-4H3. The van der Waals surface area contributed by atoms with Crippen molar-refractivity contribution in [2.45, 2.75) is 38.9 Å². The van der Waals surface area contributed by atoms with Gasteiger partial charge in [0.05, 0.1) is 0 Å². The summed E-state index contributed by atoms with van der Waals surface area (Å²) in [6.07, 6.45) is 0. The summed E-state index contributed by atoms with van der Waals surface area (Å²) in [6, 6.07) is 5.38. The number of hydrogen-bond acceptors (Lipinski definition) is 4. The van der Waals surface area contributed by atoms with Gasteiger partial charge in [0.1, 0.15) is 11.4 Å². The zero-order chi connectivity index (χ0) is 15.3. The molecular formula is C14H17FN2O3. The summed E-state index contributed by atoms with van der Waals surface area (Å²) < 4.78 is 13.5. The molecule has 1 heterocycles. The summed E-state index contributed by atoms with van der Waals surface area (Å²) in [5.41, 5.74) is -2.07. The Morgan fingerprint density at radius 2 is 1.80 bits per heavy atom. The molecule has 0 saturated carbocycles. The number of Topliss-reactive ketones (excluding diaryl/α,β-unsaturated/α-hetero) is 1. The first-order chi connectivity index (χ1) is 9.13. The molecule has 1 aromatic carbocycles. The second-order valence-corrected chi connectivity index (χ2v) is 5.60. The Kier molecular flexibility index (Phi) is 3.19. The van der Waals surface area contributed by atoms with Gasteiger partial charge in [-0.3, -0.25) is 4.79 Å². The molecule has 0 radical (unpaired) electrons. The van der Waals surface area contributed by atoms with Crippen molar-refractivity contribution in [1.82, 2.24) is 5.06 Å². The van der Waals surface area contributed by atoms with Crippen molar-refractivity contribution in [1.29, 1.82) is 0 Å². The molecule has 1 aliphatic rings. The molecule has 2 rings (SSSR count). The zero-order valence-electron chi connectivity index (χ0n) is 11.8. The number of halogens is 1. The molecule has 0 fully saturated rings. The molecule has 6 heteroatoms. The van der Waals surface area contributed by atoms with E-state index in [9.17, 15) is 19.6 Å². The van der Waals surface area contributed by atoms with E-state index in [-0.39, 0.29) is 5.71 Å². The minimum Gasteiger partial charge on any atom is -0.622 e. The van der Waals surface area contributed by atoms with Crippen LogP contribution >= 0.6 is 0 Å². The van der Waals surface area contributed by atoms with Gasteiger partial charge in [-0.05, 0) is 38.1 Å². The molecule has 0 spiro atoms. The Balaban J connectivity index is 2.68. The molecule has 1 N–H and O–H groups in total. The lowest BCUT2D eigenvalue weighted by atomic mass is 9.92. The van der Waals surface area contributed by atoms with Crippen LogP contribution < -0.4 is 0 Å². The number of rotatable bonds is 2. The lowest BCUT2D eigenvalue weighted by molar-refractivity contribution is -0.565. The number of carbonyl (C=O) groups is 1. The van der Waals surface area contributed by atoms with Gasteiger partial charge in [0, 0.05) is 19.4 Å². The Labute approximate surface area is 116 Å². The van der Waals surface area contributed by atoms with Crippen LogP contribution in [0.2, 0.25) is 0 Å². The number of carbonyl (C=O) groups excluding carboxylic acids is 1. The smallest absolute Gasteiger partial charge is 0.307 e. The van der Waals surface area contributed by atoms with E-state index in [0.717, 1.165) is 5.06 Å².